The van der Waals surface area contributed by atoms with E-state index in [1.165, 1.54) is 103 Å². The van der Waals surface area contributed by atoms with E-state index in [2.05, 4.69) is 34.6 Å². The molecule has 0 bridgehead atoms. The van der Waals surface area contributed by atoms with Crippen LogP contribution in [-0.2, 0) is 28.6 Å². The highest BCUT2D eigenvalue weighted by molar-refractivity contribution is 5.71. The number of unbranched alkanes of at least 4 members (excludes halogenated alkanes) is 19. The van der Waals surface area contributed by atoms with E-state index in [0.717, 1.165) is 69.6 Å². The average molecular weight is 667 g/mol. The number of carbonyl (C=O) groups is 3. The molecule has 0 heterocycles. The summed E-state index contributed by atoms with van der Waals surface area (Å²) in [4.78, 5) is 37.4. The first-order chi connectivity index (χ1) is 22.8. The Hall–Kier alpha value is -1.59. The Morgan fingerprint density at radius 2 is 0.809 bits per heavy atom. The average Bonchev–Trinajstić information content (AvgIpc) is 3.05. The Morgan fingerprint density at radius 3 is 1.21 bits per heavy atom. The Morgan fingerprint density at radius 1 is 0.447 bits per heavy atom. The predicted molar refractivity (Wildman–Crippen MR) is 196 cm³/mol. The van der Waals surface area contributed by atoms with Gasteiger partial charge in [0, 0.05) is 19.3 Å². The van der Waals surface area contributed by atoms with Crippen molar-refractivity contribution >= 4 is 17.9 Å². The van der Waals surface area contributed by atoms with Gasteiger partial charge < -0.3 is 14.2 Å². The molecule has 1 unspecified atom stereocenters. The van der Waals surface area contributed by atoms with Crippen molar-refractivity contribution in [3.8, 4) is 0 Å². The molecule has 0 spiro atoms. The first-order valence-electron chi connectivity index (χ1n) is 20.3. The van der Waals surface area contributed by atoms with Crippen LogP contribution in [0.4, 0.5) is 0 Å². The zero-order chi connectivity index (χ0) is 34.8. The quantitative estimate of drug-likeness (QED) is 0.0380. The molecule has 0 saturated heterocycles. The van der Waals surface area contributed by atoms with E-state index in [-0.39, 0.29) is 31.1 Å². The summed E-state index contributed by atoms with van der Waals surface area (Å²) in [7, 11) is 0. The topological polar surface area (TPSA) is 78.9 Å². The van der Waals surface area contributed by atoms with Gasteiger partial charge in [-0.2, -0.15) is 0 Å². The molecular formula is C41H78O6. The van der Waals surface area contributed by atoms with Crippen LogP contribution in [0.25, 0.3) is 0 Å². The highest BCUT2D eigenvalue weighted by Crippen LogP contribution is 2.16. The molecule has 0 rings (SSSR count). The number of carbonyl (C=O) groups excluding carboxylic acids is 3. The number of esters is 3. The fourth-order valence-electron chi connectivity index (χ4n) is 5.84. The molecule has 0 aliphatic carbocycles. The van der Waals surface area contributed by atoms with Crippen molar-refractivity contribution in [1.82, 2.24) is 0 Å². The van der Waals surface area contributed by atoms with E-state index in [4.69, 9.17) is 14.2 Å². The number of hydrogen-bond donors (Lipinski definition) is 0. The van der Waals surface area contributed by atoms with Crippen LogP contribution in [0, 0.1) is 11.8 Å². The second-order valence-corrected chi connectivity index (χ2v) is 14.6. The zero-order valence-corrected chi connectivity index (χ0v) is 31.9. The molecule has 47 heavy (non-hydrogen) atoms. The fourth-order valence-corrected chi connectivity index (χ4v) is 5.84. The molecule has 6 nitrogen and oxygen atoms in total. The van der Waals surface area contributed by atoms with Gasteiger partial charge >= 0.3 is 17.9 Å². The summed E-state index contributed by atoms with van der Waals surface area (Å²) in [6.07, 6.45) is 29.6. The van der Waals surface area contributed by atoms with Gasteiger partial charge in [0.15, 0.2) is 6.10 Å². The lowest BCUT2D eigenvalue weighted by atomic mass is 10.00. The first-order valence-corrected chi connectivity index (χ1v) is 20.3. The van der Waals surface area contributed by atoms with E-state index in [1.54, 1.807) is 0 Å². The summed E-state index contributed by atoms with van der Waals surface area (Å²) < 4.78 is 16.6. The minimum absolute atomic E-state index is 0.0673. The van der Waals surface area contributed by atoms with Gasteiger partial charge in [-0.05, 0) is 31.1 Å². The van der Waals surface area contributed by atoms with Crippen molar-refractivity contribution in [3.63, 3.8) is 0 Å². The minimum atomic E-state index is -0.759. The Kier molecular flexibility index (Phi) is 33.1. The third-order valence-electron chi connectivity index (χ3n) is 9.33. The van der Waals surface area contributed by atoms with Gasteiger partial charge in [0.2, 0.25) is 0 Å². The maximum absolute atomic E-state index is 12.6. The van der Waals surface area contributed by atoms with Crippen molar-refractivity contribution < 1.29 is 28.6 Å². The molecule has 0 saturated carbocycles. The number of hydrogen-bond acceptors (Lipinski definition) is 6. The van der Waals surface area contributed by atoms with E-state index in [9.17, 15) is 14.4 Å². The second-order valence-electron chi connectivity index (χ2n) is 14.6. The smallest absolute Gasteiger partial charge is 0.306 e. The van der Waals surface area contributed by atoms with E-state index < -0.39 is 6.10 Å². The Balaban J connectivity index is 4.34. The molecule has 0 aromatic carbocycles. The lowest BCUT2D eigenvalue weighted by molar-refractivity contribution is -0.167. The van der Waals surface area contributed by atoms with Crippen molar-refractivity contribution in [1.29, 1.82) is 0 Å². The van der Waals surface area contributed by atoms with Gasteiger partial charge in [-0.3, -0.25) is 14.4 Å². The molecular weight excluding hydrogens is 588 g/mol. The predicted octanol–water partition coefficient (Wildman–Crippen LogP) is 12.2. The SMILES string of the molecule is CCCCCCCCCC(=O)OC[C@H](COC(=O)CCCCCCCCC(C)CC)OC(=O)CCCCCCCCCCCC(C)C. The molecule has 0 radical (unpaired) electrons. The summed E-state index contributed by atoms with van der Waals surface area (Å²) in [5.74, 6) is 0.746. The minimum Gasteiger partial charge on any atom is -0.462 e. The van der Waals surface area contributed by atoms with Crippen LogP contribution in [0.15, 0.2) is 0 Å². The summed E-state index contributed by atoms with van der Waals surface area (Å²) in [6, 6.07) is 0. The normalized spacial score (nSPS) is 12.6. The van der Waals surface area contributed by atoms with Crippen LogP contribution in [0.3, 0.4) is 0 Å². The molecule has 6 heteroatoms. The van der Waals surface area contributed by atoms with Crippen LogP contribution in [0.2, 0.25) is 0 Å². The van der Waals surface area contributed by atoms with Crippen molar-refractivity contribution in [3.05, 3.63) is 0 Å². The lowest BCUT2D eigenvalue weighted by Gasteiger charge is -2.18. The summed E-state index contributed by atoms with van der Waals surface area (Å²) in [6.45, 7) is 11.2. The van der Waals surface area contributed by atoms with E-state index in [0.29, 0.717) is 19.3 Å². The molecule has 0 fully saturated rings. The molecule has 0 aromatic heterocycles. The van der Waals surface area contributed by atoms with Crippen molar-refractivity contribution in [2.45, 2.75) is 221 Å². The van der Waals surface area contributed by atoms with Gasteiger partial charge in [0.05, 0.1) is 0 Å². The van der Waals surface area contributed by atoms with Gasteiger partial charge in [0.1, 0.15) is 13.2 Å². The number of ether oxygens (including phenoxy) is 3. The van der Waals surface area contributed by atoms with Crippen LogP contribution < -0.4 is 0 Å². The van der Waals surface area contributed by atoms with Gasteiger partial charge in [-0.25, -0.2) is 0 Å². The van der Waals surface area contributed by atoms with Crippen molar-refractivity contribution in [2.24, 2.45) is 11.8 Å². The molecule has 0 aliphatic heterocycles. The van der Waals surface area contributed by atoms with Crippen LogP contribution in [0.5, 0.6) is 0 Å². The molecule has 0 N–H and O–H groups in total. The van der Waals surface area contributed by atoms with Crippen LogP contribution in [-0.4, -0.2) is 37.2 Å². The van der Waals surface area contributed by atoms with Crippen molar-refractivity contribution in [2.75, 3.05) is 13.2 Å². The number of rotatable bonds is 35. The molecule has 0 aliphatic rings. The highest BCUT2D eigenvalue weighted by atomic mass is 16.6. The largest absolute Gasteiger partial charge is 0.462 e. The highest BCUT2D eigenvalue weighted by Gasteiger charge is 2.19. The summed E-state index contributed by atoms with van der Waals surface area (Å²) >= 11 is 0. The van der Waals surface area contributed by atoms with Crippen LogP contribution >= 0.6 is 0 Å². The van der Waals surface area contributed by atoms with Crippen LogP contribution in [0.1, 0.15) is 214 Å². The van der Waals surface area contributed by atoms with Gasteiger partial charge in [-0.1, -0.05) is 176 Å². The van der Waals surface area contributed by atoms with E-state index in [1.807, 2.05) is 0 Å². The lowest BCUT2D eigenvalue weighted by Crippen LogP contribution is -2.30. The third kappa shape index (κ3) is 34.1. The molecule has 2 atom stereocenters. The molecule has 278 valence electrons. The summed E-state index contributed by atoms with van der Waals surface area (Å²) in [5, 5.41) is 0. The molecule has 0 aromatic rings. The zero-order valence-electron chi connectivity index (χ0n) is 31.9. The second kappa shape index (κ2) is 34.3. The monoisotopic (exact) mass is 667 g/mol. The standard InChI is InChI=1S/C41H78O6/c1-6-8-9-10-14-21-26-31-39(42)45-34-38(35-46-40(43)32-27-22-18-17-20-25-30-37(5)7-2)47-41(44)33-28-23-16-13-11-12-15-19-24-29-36(3)4/h36-38H,6-35H2,1-5H3/t37?,38-/m1/s1. The Bertz CT molecular complexity index is 721. The third-order valence-corrected chi connectivity index (χ3v) is 9.33. The van der Waals surface area contributed by atoms with Gasteiger partial charge in [-0.15, -0.1) is 0 Å². The van der Waals surface area contributed by atoms with Gasteiger partial charge in [0.25, 0.3) is 0 Å². The summed E-state index contributed by atoms with van der Waals surface area (Å²) in [5.41, 5.74) is 0. The maximum atomic E-state index is 12.6. The fraction of sp³-hybridized carbons (Fsp3) is 0.927. The maximum Gasteiger partial charge on any atom is 0.306 e. The van der Waals surface area contributed by atoms with E-state index >= 15 is 0 Å². The Labute approximate surface area is 291 Å². The molecule has 0 amide bonds. The first kappa shape index (κ1) is 45.4.